The van der Waals surface area contributed by atoms with Gasteiger partial charge in [-0.3, -0.25) is 4.79 Å². The summed E-state index contributed by atoms with van der Waals surface area (Å²) in [6, 6.07) is 13.8. The molecular weight excluding hydrogens is 309 g/mol. The van der Waals surface area contributed by atoms with Gasteiger partial charge in [0.25, 0.3) is 5.91 Å². The Balaban J connectivity index is 1.58. The minimum Gasteiger partial charge on any atom is -0.489 e. The molecule has 0 fully saturated rings. The smallest absolute Gasteiger partial charge is 0.253 e. The molecule has 3 rings (SSSR count). The van der Waals surface area contributed by atoms with Gasteiger partial charge in [0.05, 0.1) is 12.1 Å². The number of nitrogens with zero attached hydrogens (tertiary/aromatic N) is 1. The lowest BCUT2D eigenvalue weighted by Gasteiger charge is -2.22. The number of amides is 1. The van der Waals surface area contributed by atoms with E-state index < -0.39 is 5.82 Å². The molecule has 1 aliphatic heterocycles. The van der Waals surface area contributed by atoms with Crippen LogP contribution in [0.3, 0.4) is 0 Å². The molecule has 4 nitrogen and oxygen atoms in total. The van der Waals surface area contributed by atoms with Crippen molar-refractivity contribution in [2.75, 3.05) is 26.8 Å². The number of fused-ring (bicyclic) bond motifs is 1. The highest BCUT2D eigenvalue weighted by Gasteiger charge is 2.20. The van der Waals surface area contributed by atoms with Crippen molar-refractivity contribution in [1.82, 2.24) is 4.90 Å². The van der Waals surface area contributed by atoms with Gasteiger partial charge in [-0.1, -0.05) is 30.3 Å². The summed E-state index contributed by atoms with van der Waals surface area (Å²) in [5.74, 6) is 0.431. The molecule has 0 N–H and O–H groups in total. The summed E-state index contributed by atoms with van der Waals surface area (Å²) in [4.78, 5) is 14.0. The number of halogens is 1. The van der Waals surface area contributed by atoms with E-state index in [4.69, 9.17) is 9.47 Å². The lowest BCUT2D eigenvalue weighted by Crippen LogP contribution is -2.34. The number of ether oxygens (including phenoxy) is 2. The van der Waals surface area contributed by atoms with Crippen LogP contribution in [0.2, 0.25) is 0 Å². The third-order valence-electron chi connectivity index (χ3n) is 3.77. The van der Waals surface area contributed by atoms with Crippen molar-refractivity contribution >= 4 is 12.0 Å². The Hall–Kier alpha value is -2.82. The van der Waals surface area contributed by atoms with E-state index in [-0.39, 0.29) is 24.9 Å². The second-order valence-corrected chi connectivity index (χ2v) is 5.50. The molecule has 0 bridgehead atoms. The zero-order valence-electron chi connectivity index (χ0n) is 13.4. The van der Waals surface area contributed by atoms with Crippen LogP contribution in [0.1, 0.15) is 5.56 Å². The van der Waals surface area contributed by atoms with Gasteiger partial charge in [-0.25, -0.2) is 4.39 Å². The summed E-state index contributed by atoms with van der Waals surface area (Å²) in [5.41, 5.74) is 1.48. The van der Waals surface area contributed by atoms with Crippen molar-refractivity contribution in [1.29, 1.82) is 0 Å². The molecule has 0 spiro atoms. The van der Waals surface area contributed by atoms with Crippen molar-refractivity contribution in [3.63, 3.8) is 0 Å². The predicted octanol–water partition coefficient (Wildman–Crippen LogP) is 3.14. The van der Waals surface area contributed by atoms with Crippen LogP contribution in [0.25, 0.3) is 6.08 Å². The van der Waals surface area contributed by atoms with Crippen LogP contribution in [-0.2, 0) is 4.79 Å². The molecule has 0 saturated carbocycles. The molecule has 124 valence electrons. The number of hydrogen-bond donors (Lipinski definition) is 0. The molecule has 24 heavy (non-hydrogen) atoms. The number of rotatable bonds is 5. The van der Waals surface area contributed by atoms with Crippen molar-refractivity contribution in [2.24, 2.45) is 0 Å². The number of hydrogen-bond acceptors (Lipinski definition) is 3. The highest BCUT2D eigenvalue weighted by molar-refractivity contribution is 5.99. The fourth-order valence-electron chi connectivity index (χ4n) is 2.44. The first-order valence-corrected chi connectivity index (χ1v) is 7.70. The average Bonchev–Trinajstić information content (AvgIpc) is 2.62. The third kappa shape index (κ3) is 3.56. The van der Waals surface area contributed by atoms with Gasteiger partial charge in [-0.05, 0) is 24.3 Å². The van der Waals surface area contributed by atoms with Crippen molar-refractivity contribution in [2.45, 2.75) is 0 Å². The molecule has 0 atom stereocenters. The van der Waals surface area contributed by atoms with Crippen LogP contribution in [0, 0.1) is 5.82 Å². The van der Waals surface area contributed by atoms with E-state index in [9.17, 15) is 9.18 Å². The van der Waals surface area contributed by atoms with Gasteiger partial charge in [-0.15, -0.1) is 0 Å². The largest absolute Gasteiger partial charge is 0.489 e. The summed E-state index contributed by atoms with van der Waals surface area (Å²) < 4.78 is 24.5. The van der Waals surface area contributed by atoms with Gasteiger partial charge >= 0.3 is 0 Å². The monoisotopic (exact) mass is 327 g/mol. The fraction of sp³-hybridized carbons (Fsp3) is 0.211. The molecule has 0 radical (unpaired) electrons. The maximum Gasteiger partial charge on any atom is 0.253 e. The van der Waals surface area contributed by atoms with E-state index in [1.807, 2.05) is 30.3 Å². The van der Waals surface area contributed by atoms with Gasteiger partial charge in [0.1, 0.15) is 19.0 Å². The standard InChI is InChI=1S/C19H18FNO3/c1-21(10-11-23-18-9-5-3-7-16(18)20)19(22)15-12-14-6-2-4-8-17(14)24-13-15/h2-9,12H,10-11,13H2,1H3. The zero-order valence-corrected chi connectivity index (χ0v) is 13.4. The van der Waals surface area contributed by atoms with Crippen molar-refractivity contribution in [3.05, 3.63) is 65.5 Å². The molecule has 1 amide bonds. The molecule has 0 saturated heterocycles. The van der Waals surface area contributed by atoms with E-state index in [1.165, 1.54) is 6.07 Å². The van der Waals surface area contributed by atoms with Crippen LogP contribution >= 0.6 is 0 Å². The number of likely N-dealkylation sites (N-methyl/N-ethyl adjacent to an activating group) is 1. The first-order chi connectivity index (χ1) is 11.6. The Kier molecular flexibility index (Phi) is 4.79. The molecule has 0 aliphatic carbocycles. The Bertz CT molecular complexity index is 773. The minimum absolute atomic E-state index is 0.123. The van der Waals surface area contributed by atoms with E-state index >= 15 is 0 Å². The lowest BCUT2D eigenvalue weighted by atomic mass is 10.1. The summed E-state index contributed by atoms with van der Waals surface area (Å²) in [7, 11) is 1.69. The normalized spacial score (nSPS) is 12.7. The Morgan fingerprint density at radius 3 is 2.79 bits per heavy atom. The molecule has 1 heterocycles. The quantitative estimate of drug-likeness (QED) is 0.847. The summed E-state index contributed by atoms with van der Waals surface area (Å²) in [6.45, 7) is 0.814. The number of carbonyl (C=O) groups is 1. The lowest BCUT2D eigenvalue weighted by molar-refractivity contribution is -0.126. The van der Waals surface area contributed by atoms with Crippen molar-refractivity contribution in [3.8, 4) is 11.5 Å². The van der Waals surface area contributed by atoms with E-state index in [0.29, 0.717) is 12.1 Å². The molecular formula is C19H18FNO3. The average molecular weight is 327 g/mol. The maximum atomic E-state index is 13.5. The van der Waals surface area contributed by atoms with Crippen LogP contribution in [0.5, 0.6) is 11.5 Å². The van der Waals surface area contributed by atoms with E-state index in [1.54, 1.807) is 30.1 Å². The summed E-state index contributed by atoms with van der Waals surface area (Å²) >= 11 is 0. The molecule has 0 unspecified atom stereocenters. The SMILES string of the molecule is CN(CCOc1ccccc1F)C(=O)C1=Cc2ccccc2OC1. The first kappa shape index (κ1) is 16.1. The summed E-state index contributed by atoms with van der Waals surface area (Å²) in [5, 5.41) is 0. The first-order valence-electron chi connectivity index (χ1n) is 7.70. The van der Waals surface area contributed by atoms with Crippen LogP contribution in [0.4, 0.5) is 4.39 Å². The van der Waals surface area contributed by atoms with Gasteiger partial charge in [0.15, 0.2) is 11.6 Å². The van der Waals surface area contributed by atoms with Gasteiger partial charge in [0, 0.05) is 12.6 Å². The van der Waals surface area contributed by atoms with Crippen LogP contribution < -0.4 is 9.47 Å². The molecule has 1 aliphatic rings. The Labute approximate surface area is 140 Å². The third-order valence-corrected chi connectivity index (χ3v) is 3.77. The molecule has 5 heteroatoms. The van der Waals surface area contributed by atoms with Crippen LogP contribution in [-0.4, -0.2) is 37.6 Å². The van der Waals surface area contributed by atoms with E-state index in [2.05, 4.69) is 0 Å². The summed E-state index contributed by atoms with van der Waals surface area (Å²) in [6.07, 6.45) is 1.84. The highest BCUT2D eigenvalue weighted by atomic mass is 19.1. The Morgan fingerprint density at radius 2 is 1.96 bits per heavy atom. The van der Waals surface area contributed by atoms with Crippen LogP contribution in [0.15, 0.2) is 54.1 Å². The number of benzene rings is 2. The van der Waals surface area contributed by atoms with Crippen molar-refractivity contribution < 1.29 is 18.7 Å². The van der Waals surface area contributed by atoms with Gasteiger partial charge in [0.2, 0.25) is 0 Å². The molecule has 2 aromatic carbocycles. The minimum atomic E-state index is -0.411. The second kappa shape index (κ2) is 7.17. The molecule has 0 aromatic heterocycles. The maximum absolute atomic E-state index is 13.5. The number of para-hydroxylation sites is 2. The number of carbonyl (C=O) groups excluding carboxylic acids is 1. The second-order valence-electron chi connectivity index (χ2n) is 5.50. The fourth-order valence-corrected chi connectivity index (χ4v) is 2.44. The highest BCUT2D eigenvalue weighted by Crippen LogP contribution is 2.26. The zero-order chi connectivity index (χ0) is 16.9. The van der Waals surface area contributed by atoms with E-state index in [0.717, 1.165) is 11.3 Å². The van der Waals surface area contributed by atoms with Gasteiger partial charge in [-0.2, -0.15) is 0 Å². The van der Waals surface area contributed by atoms with Gasteiger partial charge < -0.3 is 14.4 Å². The Morgan fingerprint density at radius 1 is 1.21 bits per heavy atom. The topological polar surface area (TPSA) is 38.8 Å². The molecule has 2 aromatic rings. The predicted molar refractivity (Wildman–Crippen MR) is 89.4 cm³/mol.